The number of likely N-dealkylation sites (tertiary alicyclic amines) is 1. The van der Waals surface area contributed by atoms with Crippen molar-refractivity contribution >= 4 is 5.91 Å². The average molecular weight is 295 g/mol. The highest BCUT2D eigenvalue weighted by atomic mass is 16.5. The molecule has 0 bridgehead atoms. The van der Waals surface area contributed by atoms with Crippen LogP contribution in [0.2, 0.25) is 0 Å². The first-order valence-electron chi connectivity index (χ1n) is 8.43. The Bertz CT molecular complexity index is 372. The molecule has 0 unspecified atom stereocenters. The van der Waals surface area contributed by atoms with Gasteiger partial charge in [0.1, 0.15) is 0 Å². The summed E-state index contributed by atoms with van der Waals surface area (Å²) in [7, 11) is 0. The third kappa shape index (κ3) is 3.58. The van der Waals surface area contributed by atoms with Crippen LogP contribution in [0, 0.1) is 5.41 Å². The first-order valence-corrected chi connectivity index (χ1v) is 8.43. The van der Waals surface area contributed by atoms with E-state index in [1.165, 1.54) is 19.3 Å². The fraction of sp³-hybridized carbons (Fsp3) is 0.938. The van der Waals surface area contributed by atoms with Crippen LogP contribution in [0.4, 0.5) is 0 Å². The number of rotatable bonds is 2. The summed E-state index contributed by atoms with van der Waals surface area (Å²) in [6.45, 7) is 10.6. The molecule has 1 spiro atoms. The number of amides is 1. The van der Waals surface area contributed by atoms with Gasteiger partial charge in [-0.25, -0.2) is 0 Å². The summed E-state index contributed by atoms with van der Waals surface area (Å²) in [4.78, 5) is 16.9. The molecule has 0 aromatic heterocycles. The Labute approximate surface area is 128 Å². The topological polar surface area (TPSA) is 44.8 Å². The summed E-state index contributed by atoms with van der Waals surface area (Å²) in [5, 5.41) is 3.51. The van der Waals surface area contributed by atoms with Gasteiger partial charge in [0.25, 0.3) is 0 Å². The van der Waals surface area contributed by atoms with Crippen molar-refractivity contribution in [2.45, 2.75) is 45.3 Å². The molecule has 3 atom stereocenters. The highest BCUT2D eigenvalue weighted by Gasteiger charge is 2.40. The number of hydrogen-bond donors (Lipinski definition) is 1. The van der Waals surface area contributed by atoms with Crippen LogP contribution in [0.25, 0.3) is 0 Å². The van der Waals surface area contributed by atoms with E-state index in [-0.39, 0.29) is 12.2 Å². The van der Waals surface area contributed by atoms with Crippen LogP contribution < -0.4 is 5.32 Å². The molecule has 0 saturated carbocycles. The van der Waals surface area contributed by atoms with Crippen LogP contribution in [-0.2, 0) is 9.53 Å². The highest BCUT2D eigenvalue weighted by molar-refractivity contribution is 5.78. The van der Waals surface area contributed by atoms with E-state index < -0.39 is 0 Å². The van der Waals surface area contributed by atoms with Gasteiger partial charge in [-0.15, -0.1) is 0 Å². The van der Waals surface area contributed by atoms with E-state index in [0.717, 1.165) is 39.3 Å². The molecule has 3 heterocycles. The molecule has 3 aliphatic rings. The lowest BCUT2D eigenvalue weighted by molar-refractivity contribution is -0.135. The predicted molar refractivity (Wildman–Crippen MR) is 82.2 cm³/mol. The van der Waals surface area contributed by atoms with Gasteiger partial charge >= 0.3 is 0 Å². The number of carbonyl (C=O) groups excluding carboxylic acids is 1. The monoisotopic (exact) mass is 295 g/mol. The van der Waals surface area contributed by atoms with Crippen molar-refractivity contribution in [1.29, 1.82) is 0 Å². The van der Waals surface area contributed by atoms with Crippen LogP contribution in [0.15, 0.2) is 0 Å². The Balaban J connectivity index is 1.52. The van der Waals surface area contributed by atoms with Gasteiger partial charge in [-0.2, -0.15) is 0 Å². The van der Waals surface area contributed by atoms with E-state index in [1.54, 1.807) is 0 Å². The minimum Gasteiger partial charge on any atom is -0.373 e. The average Bonchev–Trinajstić information content (AvgIpc) is 2.82. The maximum Gasteiger partial charge on any atom is 0.236 e. The minimum atomic E-state index is 0.231. The number of hydrogen-bond acceptors (Lipinski definition) is 4. The van der Waals surface area contributed by atoms with Gasteiger partial charge in [-0.3, -0.25) is 9.69 Å². The molecular formula is C16H29N3O2. The summed E-state index contributed by atoms with van der Waals surface area (Å²) in [5.41, 5.74) is 0.361. The second kappa shape index (κ2) is 6.23. The minimum absolute atomic E-state index is 0.231. The molecule has 3 aliphatic heterocycles. The van der Waals surface area contributed by atoms with Gasteiger partial charge in [0, 0.05) is 38.1 Å². The second-order valence-corrected chi connectivity index (χ2v) is 7.30. The lowest BCUT2D eigenvalue weighted by Gasteiger charge is -2.36. The zero-order valence-corrected chi connectivity index (χ0v) is 13.4. The number of carbonyl (C=O) groups is 1. The molecule has 3 saturated heterocycles. The summed E-state index contributed by atoms with van der Waals surface area (Å²) >= 11 is 0. The van der Waals surface area contributed by atoms with Crippen molar-refractivity contribution in [3.63, 3.8) is 0 Å². The highest BCUT2D eigenvalue weighted by Crippen LogP contribution is 2.36. The number of nitrogens with one attached hydrogen (secondary N) is 1. The van der Waals surface area contributed by atoms with E-state index in [4.69, 9.17) is 4.74 Å². The van der Waals surface area contributed by atoms with Gasteiger partial charge in [0.05, 0.1) is 18.8 Å². The zero-order chi connectivity index (χ0) is 14.9. The smallest absolute Gasteiger partial charge is 0.236 e. The van der Waals surface area contributed by atoms with Crippen molar-refractivity contribution in [2.24, 2.45) is 5.41 Å². The van der Waals surface area contributed by atoms with Crippen molar-refractivity contribution < 1.29 is 9.53 Å². The SMILES string of the molecule is C[C@@H]1CN(CC(=O)N2CC[C@@]3(CCCNC3)C2)C[C@H](C)O1. The Kier molecular flexibility index (Phi) is 4.52. The standard InChI is InChI=1S/C16H29N3O2/c1-13-8-18(9-14(2)21-13)10-15(20)19-7-5-16(12-19)4-3-6-17-11-16/h13-14,17H,3-12H2,1-2H3/t13-,14+,16-/m1/s1. The van der Waals surface area contributed by atoms with Crippen LogP contribution >= 0.6 is 0 Å². The number of morpholine rings is 1. The molecular weight excluding hydrogens is 266 g/mol. The van der Waals surface area contributed by atoms with Crippen LogP contribution in [0.1, 0.15) is 33.1 Å². The lowest BCUT2D eigenvalue weighted by atomic mass is 9.80. The van der Waals surface area contributed by atoms with Gasteiger partial charge in [-0.05, 0) is 39.7 Å². The molecule has 0 radical (unpaired) electrons. The Morgan fingerprint density at radius 2 is 2.05 bits per heavy atom. The Hall–Kier alpha value is -0.650. The zero-order valence-electron chi connectivity index (χ0n) is 13.4. The van der Waals surface area contributed by atoms with Gasteiger partial charge in [0.15, 0.2) is 0 Å². The van der Waals surface area contributed by atoms with E-state index in [1.807, 2.05) is 0 Å². The molecule has 5 nitrogen and oxygen atoms in total. The summed E-state index contributed by atoms with van der Waals surface area (Å²) in [6, 6.07) is 0. The van der Waals surface area contributed by atoms with Crippen LogP contribution in [0.5, 0.6) is 0 Å². The number of nitrogens with zero attached hydrogens (tertiary/aromatic N) is 2. The summed E-state index contributed by atoms with van der Waals surface area (Å²) in [6.07, 6.45) is 4.15. The summed E-state index contributed by atoms with van der Waals surface area (Å²) < 4.78 is 5.74. The molecule has 5 heteroatoms. The van der Waals surface area contributed by atoms with Gasteiger partial charge in [0.2, 0.25) is 5.91 Å². The largest absolute Gasteiger partial charge is 0.373 e. The molecule has 1 N–H and O–H groups in total. The second-order valence-electron chi connectivity index (χ2n) is 7.30. The van der Waals surface area contributed by atoms with Crippen LogP contribution in [0.3, 0.4) is 0 Å². The third-order valence-corrected chi connectivity index (χ3v) is 5.21. The van der Waals surface area contributed by atoms with E-state index >= 15 is 0 Å². The van der Waals surface area contributed by atoms with Gasteiger partial charge in [-0.1, -0.05) is 0 Å². The Morgan fingerprint density at radius 3 is 2.71 bits per heavy atom. The van der Waals surface area contributed by atoms with Gasteiger partial charge < -0.3 is 15.0 Å². The number of piperidine rings is 1. The summed E-state index contributed by atoms with van der Waals surface area (Å²) in [5.74, 6) is 0.304. The quantitative estimate of drug-likeness (QED) is 0.814. The first kappa shape index (κ1) is 15.3. The fourth-order valence-electron chi connectivity index (χ4n) is 4.23. The molecule has 0 aromatic carbocycles. The van der Waals surface area contributed by atoms with Crippen molar-refractivity contribution in [3.05, 3.63) is 0 Å². The maximum absolute atomic E-state index is 12.6. The lowest BCUT2D eigenvalue weighted by Crippen LogP contribution is -2.50. The van der Waals surface area contributed by atoms with E-state index in [2.05, 4.69) is 29.0 Å². The molecule has 3 rings (SSSR count). The molecule has 120 valence electrons. The molecule has 21 heavy (non-hydrogen) atoms. The molecule has 0 aliphatic carbocycles. The normalized spacial score (nSPS) is 38.1. The number of ether oxygens (including phenoxy) is 1. The molecule has 1 amide bonds. The third-order valence-electron chi connectivity index (χ3n) is 5.21. The van der Waals surface area contributed by atoms with Crippen molar-refractivity contribution in [3.8, 4) is 0 Å². The van der Waals surface area contributed by atoms with Crippen molar-refractivity contribution in [2.75, 3.05) is 45.8 Å². The predicted octanol–water partition coefficient (Wildman–Crippen LogP) is 0.698. The molecule has 0 aromatic rings. The van der Waals surface area contributed by atoms with Crippen molar-refractivity contribution in [1.82, 2.24) is 15.1 Å². The maximum atomic E-state index is 12.6. The van der Waals surface area contributed by atoms with E-state index in [0.29, 0.717) is 17.9 Å². The fourth-order valence-corrected chi connectivity index (χ4v) is 4.23. The molecule has 3 fully saturated rings. The first-order chi connectivity index (χ1) is 10.1. The Morgan fingerprint density at radius 1 is 1.29 bits per heavy atom. The van der Waals surface area contributed by atoms with E-state index in [9.17, 15) is 4.79 Å². The van der Waals surface area contributed by atoms with Crippen LogP contribution in [-0.4, -0.2) is 73.7 Å².